The lowest BCUT2D eigenvalue weighted by Gasteiger charge is -2.05. The SMILES string of the molecule is O=C(COC(=O)/C=C/c1cccc(Br)c1)NC(=O)NC1CC1. The second kappa shape index (κ2) is 7.74. The van der Waals surface area contributed by atoms with Gasteiger partial charge >= 0.3 is 12.0 Å². The fourth-order valence-electron chi connectivity index (χ4n) is 1.57. The minimum atomic E-state index is -0.664. The Hall–Kier alpha value is -2.15. The first kappa shape index (κ1) is 16.2. The van der Waals surface area contributed by atoms with E-state index in [2.05, 4.69) is 26.6 Å². The van der Waals surface area contributed by atoms with Crippen LogP contribution >= 0.6 is 15.9 Å². The summed E-state index contributed by atoms with van der Waals surface area (Å²) in [4.78, 5) is 34.2. The van der Waals surface area contributed by atoms with E-state index in [1.165, 1.54) is 6.08 Å². The molecule has 1 saturated carbocycles. The van der Waals surface area contributed by atoms with Crippen LogP contribution in [0.2, 0.25) is 0 Å². The molecule has 0 bridgehead atoms. The summed E-state index contributed by atoms with van der Waals surface area (Å²) < 4.78 is 5.64. The largest absolute Gasteiger partial charge is 0.452 e. The van der Waals surface area contributed by atoms with Crippen LogP contribution in [0, 0.1) is 0 Å². The van der Waals surface area contributed by atoms with Crippen molar-refractivity contribution in [2.24, 2.45) is 0 Å². The zero-order valence-electron chi connectivity index (χ0n) is 11.7. The maximum Gasteiger partial charge on any atom is 0.331 e. The highest BCUT2D eigenvalue weighted by atomic mass is 79.9. The van der Waals surface area contributed by atoms with Crippen molar-refractivity contribution in [2.45, 2.75) is 18.9 Å². The minimum Gasteiger partial charge on any atom is -0.452 e. The molecule has 22 heavy (non-hydrogen) atoms. The number of benzene rings is 1. The molecular weight excluding hydrogens is 352 g/mol. The Kier molecular flexibility index (Phi) is 5.71. The number of urea groups is 1. The molecule has 1 aliphatic carbocycles. The number of esters is 1. The van der Waals surface area contributed by atoms with E-state index in [0.29, 0.717) is 0 Å². The standard InChI is InChI=1S/C15H15BrN2O4/c16-11-3-1-2-10(8-11)4-7-14(20)22-9-13(19)18-15(21)17-12-5-6-12/h1-4,7-8,12H,5-6,9H2,(H2,17,18,19,21)/b7-4+. The fraction of sp³-hybridized carbons (Fsp3) is 0.267. The molecule has 0 atom stereocenters. The molecule has 1 fully saturated rings. The third kappa shape index (κ3) is 6.09. The van der Waals surface area contributed by atoms with Gasteiger partial charge in [-0.05, 0) is 36.6 Å². The predicted molar refractivity (Wildman–Crippen MR) is 83.8 cm³/mol. The van der Waals surface area contributed by atoms with Gasteiger partial charge < -0.3 is 10.1 Å². The monoisotopic (exact) mass is 366 g/mol. The van der Waals surface area contributed by atoms with Gasteiger partial charge in [0.25, 0.3) is 5.91 Å². The van der Waals surface area contributed by atoms with E-state index in [9.17, 15) is 14.4 Å². The number of imide groups is 1. The van der Waals surface area contributed by atoms with Crippen molar-refractivity contribution in [2.75, 3.05) is 6.61 Å². The van der Waals surface area contributed by atoms with Crippen molar-refractivity contribution in [3.05, 3.63) is 40.4 Å². The zero-order valence-corrected chi connectivity index (χ0v) is 13.3. The second-order valence-electron chi connectivity index (χ2n) is 4.79. The van der Waals surface area contributed by atoms with Crippen LogP contribution in [-0.2, 0) is 14.3 Å². The van der Waals surface area contributed by atoms with Gasteiger partial charge in [-0.2, -0.15) is 0 Å². The topological polar surface area (TPSA) is 84.5 Å². The number of ether oxygens (including phenoxy) is 1. The van der Waals surface area contributed by atoms with E-state index < -0.39 is 24.5 Å². The van der Waals surface area contributed by atoms with E-state index in [1.807, 2.05) is 24.3 Å². The summed E-state index contributed by atoms with van der Waals surface area (Å²) in [6.07, 6.45) is 4.65. The Morgan fingerprint density at radius 2 is 2.09 bits per heavy atom. The second-order valence-corrected chi connectivity index (χ2v) is 5.71. The molecule has 6 nitrogen and oxygen atoms in total. The highest BCUT2D eigenvalue weighted by molar-refractivity contribution is 9.10. The molecule has 0 saturated heterocycles. The molecule has 2 rings (SSSR count). The molecule has 1 aliphatic rings. The summed E-state index contributed by atoms with van der Waals surface area (Å²) in [6, 6.07) is 6.95. The number of hydrogen-bond donors (Lipinski definition) is 2. The van der Waals surface area contributed by atoms with Crippen molar-refractivity contribution in [3.8, 4) is 0 Å². The van der Waals surface area contributed by atoms with Gasteiger partial charge in [0, 0.05) is 16.6 Å². The summed E-state index contributed by atoms with van der Waals surface area (Å²) in [5.74, 6) is -1.32. The number of hydrogen-bond acceptors (Lipinski definition) is 4. The van der Waals surface area contributed by atoms with E-state index in [1.54, 1.807) is 6.08 Å². The Bertz CT molecular complexity index is 611. The molecule has 0 unspecified atom stereocenters. The van der Waals surface area contributed by atoms with Crippen LogP contribution < -0.4 is 10.6 Å². The van der Waals surface area contributed by atoms with Crippen LogP contribution in [-0.4, -0.2) is 30.6 Å². The van der Waals surface area contributed by atoms with Crippen LogP contribution in [0.25, 0.3) is 6.08 Å². The third-order valence-corrected chi connectivity index (χ3v) is 3.26. The molecule has 116 valence electrons. The molecule has 0 aliphatic heterocycles. The highest BCUT2D eigenvalue weighted by Gasteiger charge is 2.23. The Morgan fingerprint density at radius 1 is 1.32 bits per heavy atom. The van der Waals surface area contributed by atoms with E-state index in [0.717, 1.165) is 22.9 Å². The number of carbonyl (C=O) groups excluding carboxylic acids is 3. The molecule has 1 aromatic rings. The number of rotatable bonds is 5. The first-order chi connectivity index (χ1) is 10.5. The summed E-state index contributed by atoms with van der Waals surface area (Å²) in [5.41, 5.74) is 0.819. The lowest BCUT2D eigenvalue weighted by atomic mass is 10.2. The van der Waals surface area contributed by atoms with Crippen LogP contribution in [0.5, 0.6) is 0 Å². The van der Waals surface area contributed by atoms with Gasteiger partial charge in [0.15, 0.2) is 6.61 Å². The first-order valence-electron chi connectivity index (χ1n) is 6.73. The number of nitrogens with one attached hydrogen (secondary N) is 2. The highest BCUT2D eigenvalue weighted by Crippen LogP contribution is 2.18. The van der Waals surface area contributed by atoms with Gasteiger partial charge in [-0.25, -0.2) is 9.59 Å². The summed E-state index contributed by atoms with van der Waals surface area (Å²) in [5, 5.41) is 4.69. The molecular formula is C15H15BrN2O4. The summed E-state index contributed by atoms with van der Waals surface area (Å²) in [6.45, 7) is -0.500. The van der Waals surface area contributed by atoms with Crippen molar-refractivity contribution >= 4 is 39.9 Å². The number of carbonyl (C=O) groups is 3. The zero-order chi connectivity index (χ0) is 15.9. The van der Waals surface area contributed by atoms with Gasteiger partial charge in [0.2, 0.25) is 0 Å². The van der Waals surface area contributed by atoms with Gasteiger partial charge in [-0.3, -0.25) is 10.1 Å². The average molecular weight is 367 g/mol. The molecule has 0 heterocycles. The lowest BCUT2D eigenvalue weighted by molar-refractivity contribution is -0.143. The number of amides is 3. The smallest absolute Gasteiger partial charge is 0.331 e. The van der Waals surface area contributed by atoms with E-state index >= 15 is 0 Å². The molecule has 7 heteroatoms. The van der Waals surface area contributed by atoms with Crippen LogP contribution in [0.4, 0.5) is 4.79 Å². The van der Waals surface area contributed by atoms with E-state index in [-0.39, 0.29) is 6.04 Å². The Morgan fingerprint density at radius 3 is 2.77 bits per heavy atom. The molecule has 0 aromatic heterocycles. The van der Waals surface area contributed by atoms with Crippen molar-refractivity contribution in [1.29, 1.82) is 0 Å². The van der Waals surface area contributed by atoms with Crippen LogP contribution in [0.3, 0.4) is 0 Å². The molecule has 1 aromatic carbocycles. The van der Waals surface area contributed by atoms with Gasteiger partial charge in [0.1, 0.15) is 0 Å². The fourth-order valence-corrected chi connectivity index (χ4v) is 1.99. The van der Waals surface area contributed by atoms with Crippen molar-refractivity contribution < 1.29 is 19.1 Å². The van der Waals surface area contributed by atoms with E-state index in [4.69, 9.17) is 4.74 Å². The van der Waals surface area contributed by atoms with Crippen molar-refractivity contribution in [1.82, 2.24) is 10.6 Å². The summed E-state index contributed by atoms with van der Waals surface area (Å²) in [7, 11) is 0. The maximum atomic E-state index is 11.5. The predicted octanol–water partition coefficient (Wildman–Crippen LogP) is 1.99. The Balaban J connectivity index is 1.70. The number of halogens is 1. The van der Waals surface area contributed by atoms with Gasteiger partial charge in [-0.15, -0.1) is 0 Å². The normalized spacial score (nSPS) is 13.7. The van der Waals surface area contributed by atoms with Crippen LogP contribution in [0.15, 0.2) is 34.8 Å². The van der Waals surface area contributed by atoms with Crippen molar-refractivity contribution in [3.63, 3.8) is 0 Å². The first-order valence-corrected chi connectivity index (χ1v) is 7.53. The maximum absolute atomic E-state index is 11.5. The van der Waals surface area contributed by atoms with Gasteiger partial charge in [-0.1, -0.05) is 28.1 Å². The lowest BCUT2D eigenvalue weighted by Crippen LogP contribution is -2.42. The van der Waals surface area contributed by atoms with Crippen LogP contribution in [0.1, 0.15) is 18.4 Å². The van der Waals surface area contributed by atoms with Gasteiger partial charge in [0.05, 0.1) is 0 Å². The third-order valence-electron chi connectivity index (χ3n) is 2.77. The quantitative estimate of drug-likeness (QED) is 0.616. The molecule has 2 N–H and O–H groups in total. The minimum absolute atomic E-state index is 0.156. The molecule has 3 amide bonds. The Labute approximate surface area is 136 Å². The summed E-state index contributed by atoms with van der Waals surface area (Å²) >= 11 is 3.32. The average Bonchev–Trinajstić information content (AvgIpc) is 3.26. The molecule has 0 spiro atoms. The molecule has 0 radical (unpaired) electrons.